The Morgan fingerprint density at radius 2 is 1.71 bits per heavy atom. The first kappa shape index (κ1) is 11.9. The molecular weight excluding hydrogens is 210 g/mol. The third-order valence-corrected chi connectivity index (χ3v) is 3.37. The zero-order valence-electron chi connectivity index (χ0n) is 10.9. The second kappa shape index (κ2) is 4.34. The number of H-pyrrole nitrogens is 1. The van der Waals surface area contributed by atoms with Crippen LogP contribution < -0.4 is 5.73 Å². The summed E-state index contributed by atoms with van der Waals surface area (Å²) in [7, 11) is 0. The third-order valence-electron chi connectivity index (χ3n) is 3.37. The number of nitrogens with one attached hydrogen (secondary N) is 1. The van der Waals surface area contributed by atoms with Gasteiger partial charge in [0.25, 0.3) is 0 Å². The van der Waals surface area contributed by atoms with Crippen LogP contribution in [0.5, 0.6) is 0 Å². The van der Waals surface area contributed by atoms with Crippen LogP contribution in [0.15, 0.2) is 12.1 Å². The van der Waals surface area contributed by atoms with Crippen molar-refractivity contribution in [2.75, 3.05) is 0 Å². The van der Waals surface area contributed by atoms with Crippen LogP contribution in [0.25, 0.3) is 11.3 Å². The fourth-order valence-corrected chi connectivity index (χ4v) is 2.14. The van der Waals surface area contributed by atoms with E-state index in [0.29, 0.717) is 6.54 Å². The van der Waals surface area contributed by atoms with E-state index in [1.54, 1.807) is 0 Å². The minimum Gasteiger partial charge on any atom is -0.326 e. The van der Waals surface area contributed by atoms with Gasteiger partial charge in [0.2, 0.25) is 0 Å². The van der Waals surface area contributed by atoms with Gasteiger partial charge in [0, 0.05) is 23.4 Å². The highest BCUT2D eigenvalue weighted by molar-refractivity contribution is 5.69. The zero-order chi connectivity index (χ0) is 12.6. The predicted octanol–water partition coefficient (Wildman–Crippen LogP) is 2.77. The molecule has 1 aromatic heterocycles. The third kappa shape index (κ3) is 1.98. The number of rotatable bonds is 2. The van der Waals surface area contributed by atoms with Crippen molar-refractivity contribution < 1.29 is 0 Å². The van der Waals surface area contributed by atoms with E-state index in [-0.39, 0.29) is 0 Å². The molecule has 90 valence electrons. The molecule has 1 aromatic carbocycles. The summed E-state index contributed by atoms with van der Waals surface area (Å²) >= 11 is 0. The zero-order valence-corrected chi connectivity index (χ0v) is 10.9. The second-order valence-electron chi connectivity index (χ2n) is 4.63. The van der Waals surface area contributed by atoms with Crippen molar-refractivity contribution in [2.24, 2.45) is 5.73 Å². The summed E-state index contributed by atoms with van der Waals surface area (Å²) in [5.41, 5.74) is 14.0. The smallest absolute Gasteiger partial charge is 0.0971 e. The number of nitrogens with zero attached hydrogens (tertiary/aromatic N) is 1. The van der Waals surface area contributed by atoms with E-state index in [1.165, 1.54) is 22.3 Å². The second-order valence-corrected chi connectivity index (χ2v) is 4.63. The summed E-state index contributed by atoms with van der Waals surface area (Å²) in [5, 5.41) is 7.40. The van der Waals surface area contributed by atoms with Crippen molar-refractivity contribution in [3.63, 3.8) is 0 Å². The van der Waals surface area contributed by atoms with E-state index in [2.05, 4.69) is 43.1 Å². The van der Waals surface area contributed by atoms with Gasteiger partial charge in [0.1, 0.15) is 0 Å². The van der Waals surface area contributed by atoms with Crippen LogP contribution in [0.1, 0.15) is 27.9 Å². The van der Waals surface area contributed by atoms with Crippen LogP contribution in [-0.2, 0) is 6.54 Å². The van der Waals surface area contributed by atoms with Gasteiger partial charge in [0.05, 0.1) is 5.69 Å². The highest BCUT2D eigenvalue weighted by atomic mass is 15.1. The lowest BCUT2D eigenvalue weighted by atomic mass is 9.96. The van der Waals surface area contributed by atoms with E-state index in [0.717, 1.165) is 17.0 Å². The lowest BCUT2D eigenvalue weighted by Crippen LogP contribution is -2.00. The monoisotopic (exact) mass is 229 g/mol. The largest absolute Gasteiger partial charge is 0.326 e. The Kier molecular flexibility index (Phi) is 3.03. The maximum Gasteiger partial charge on any atom is 0.0971 e. The number of hydrogen-bond donors (Lipinski definition) is 2. The van der Waals surface area contributed by atoms with Gasteiger partial charge in [-0.3, -0.25) is 5.10 Å². The van der Waals surface area contributed by atoms with Crippen LogP contribution in [0.3, 0.4) is 0 Å². The van der Waals surface area contributed by atoms with Gasteiger partial charge in [-0.15, -0.1) is 0 Å². The topological polar surface area (TPSA) is 54.7 Å². The summed E-state index contributed by atoms with van der Waals surface area (Å²) in [4.78, 5) is 0. The van der Waals surface area contributed by atoms with Crippen LogP contribution in [-0.4, -0.2) is 10.2 Å². The number of aryl methyl sites for hydroxylation is 4. The molecule has 0 aliphatic heterocycles. The lowest BCUT2D eigenvalue weighted by Gasteiger charge is -2.09. The van der Waals surface area contributed by atoms with E-state index in [4.69, 9.17) is 5.73 Å². The molecule has 0 spiro atoms. The maximum atomic E-state index is 5.79. The van der Waals surface area contributed by atoms with Gasteiger partial charge < -0.3 is 5.73 Å². The van der Waals surface area contributed by atoms with E-state index >= 15 is 0 Å². The SMILES string of the molecule is Cc1cc(C)c(-c2n[nH]c(C)c2CN)cc1C. The minimum atomic E-state index is 0.518. The Hall–Kier alpha value is -1.61. The Bertz CT molecular complexity index is 553. The van der Waals surface area contributed by atoms with Gasteiger partial charge in [-0.2, -0.15) is 5.10 Å². The summed E-state index contributed by atoms with van der Waals surface area (Å²) in [6, 6.07) is 4.40. The van der Waals surface area contributed by atoms with Crippen molar-refractivity contribution in [3.05, 3.63) is 40.1 Å². The van der Waals surface area contributed by atoms with Crippen LogP contribution in [0.2, 0.25) is 0 Å². The highest BCUT2D eigenvalue weighted by Crippen LogP contribution is 2.28. The maximum absolute atomic E-state index is 5.79. The predicted molar refractivity (Wildman–Crippen MR) is 70.9 cm³/mol. The molecule has 3 heteroatoms. The lowest BCUT2D eigenvalue weighted by molar-refractivity contribution is 1.02. The number of nitrogens with two attached hydrogens (primary N) is 1. The molecular formula is C14H19N3. The molecule has 2 aromatic rings. The normalized spacial score (nSPS) is 10.9. The molecule has 0 atom stereocenters. The Morgan fingerprint density at radius 1 is 1.06 bits per heavy atom. The number of aromatic amines is 1. The summed E-state index contributed by atoms with van der Waals surface area (Å²) in [6.45, 7) is 8.90. The first-order chi connectivity index (χ1) is 8.04. The molecule has 0 radical (unpaired) electrons. The van der Waals surface area contributed by atoms with Crippen LogP contribution in [0, 0.1) is 27.7 Å². The van der Waals surface area contributed by atoms with Gasteiger partial charge in [-0.25, -0.2) is 0 Å². The van der Waals surface area contributed by atoms with Gasteiger partial charge in [-0.1, -0.05) is 6.07 Å². The molecule has 3 N–H and O–H groups in total. The van der Waals surface area contributed by atoms with Gasteiger partial charge in [0.15, 0.2) is 0 Å². The van der Waals surface area contributed by atoms with E-state index < -0.39 is 0 Å². The number of hydrogen-bond acceptors (Lipinski definition) is 2. The molecule has 3 nitrogen and oxygen atoms in total. The molecule has 1 heterocycles. The Morgan fingerprint density at radius 3 is 2.35 bits per heavy atom. The van der Waals surface area contributed by atoms with Crippen molar-refractivity contribution in [1.29, 1.82) is 0 Å². The molecule has 0 aliphatic rings. The molecule has 17 heavy (non-hydrogen) atoms. The number of benzene rings is 1. The quantitative estimate of drug-likeness (QED) is 0.832. The summed E-state index contributed by atoms with van der Waals surface area (Å²) in [5.74, 6) is 0. The number of aromatic nitrogens is 2. The molecule has 2 rings (SSSR count). The fraction of sp³-hybridized carbons (Fsp3) is 0.357. The summed E-state index contributed by atoms with van der Waals surface area (Å²) in [6.07, 6.45) is 0. The van der Waals surface area contributed by atoms with Crippen molar-refractivity contribution in [3.8, 4) is 11.3 Å². The molecule has 0 aliphatic carbocycles. The first-order valence-electron chi connectivity index (χ1n) is 5.86. The molecule has 0 saturated carbocycles. The van der Waals surface area contributed by atoms with Crippen molar-refractivity contribution >= 4 is 0 Å². The standard InChI is InChI=1S/C14H19N3/c1-8-5-10(3)12(6-9(8)2)14-13(7-15)11(4)16-17-14/h5-6H,7,15H2,1-4H3,(H,16,17). The van der Waals surface area contributed by atoms with E-state index in [9.17, 15) is 0 Å². The van der Waals surface area contributed by atoms with Gasteiger partial charge in [-0.05, 0) is 50.5 Å². The molecule has 0 amide bonds. The molecule has 0 bridgehead atoms. The van der Waals surface area contributed by atoms with Crippen LogP contribution in [0.4, 0.5) is 0 Å². The summed E-state index contributed by atoms with van der Waals surface area (Å²) < 4.78 is 0. The highest BCUT2D eigenvalue weighted by Gasteiger charge is 2.13. The minimum absolute atomic E-state index is 0.518. The molecule has 0 saturated heterocycles. The van der Waals surface area contributed by atoms with Crippen molar-refractivity contribution in [1.82, 2.24) is 10.2 Å². The fourth-order valence-electron chi connectivity index (χ4n) is 2.14. The van der Waals surface area contributed by atoms with Crippen molar-refractivity contribution in [2.45, 2.75) is 34.2 Å². The average molecular weight is 229 g/mol. The first-order valence-corrected chi connectivity index (χ1v) is 5.86. The van der Waals surface area contributed by atoms with Crippen LogP contribution >= 0.6 is 0 Å². The molecule has 0 unspecified atom stereocenters. The Labute approximate surface area is 102 Å². The Balaban J connectivity index is 2.64. The van der Waals surface area contributed by atoms with Gasteiger partial charge >= 0.3 is 0 Å². The molecule has 0 fully saturated rings. The average Bonchev–Trinajstić information content (AvgIpc) is 2.64. The van der Waals surface area contributed by atoms with E-state index in [1.807, 2.05) is 6.92 Å².